The number of benzene rings is 1. The molecule has 136 valence electrons. The van der Waals surface area contributed by atoms with Gasteiger partial charge in [0.1, 0.15) is 5.82 Å². The van der Waals surface area contributed by atoms with Crippen LogP contribution in [-0.2, 0) is 4.79 Å². The molecular formula is C19H26FN3O2. The minimum absolute atomic E-state index is 0.144. The third-order valence-electron chi connectivity index (χ3n) is 5.30. The molecule has 0 N–H and O–H groups in total. The van der Waals surface area contributed by atoms with Crippen molar-refractivity contribution in [2.45, 2.75) is 19.8 Å². The Morgan fingerprint density at radius 1 is 1.08 bits per heavy atom. The molecule has 0 aliphatic carbocycles. The first-order valence-corrected chi connectivity index (χ1v) is 8.98. The first-order chi connectivity index (χ1) is 12.0. The molecule has 3 rings (SSSR count). The predicted octanol–water partition coefficient (Wildman–Crippen LogP) is 1.76. The zero-order valence-corrected chi connectivity index (χ0v) is 15.0. The molecule has 0 unspecified atom stereocenters. The molecule has 1 aromatic rings. The maximum atomic E-state index is 13.5. The molecule has 25 heavy (non-hydrogen) atoms. The van der Waals surface area contributed by atoms with Gasteiger partial charge in [-0.15, -0.1) is 0 Å². The third kappa shape index (κ3) is 4.00. The minimum atomic E-state index is -0.406. The van der Waals surface area contributed by atoms with E-state index in [1.165, 1.54) is 12.1 Å². The monoisotopic (exact) mass is 347 g/mol. The number of hydrogen-bond donors (Lipinski definition) is 0. The lowest BCUT2D eigenvalue weighted by atomic mass is 9.95. The van der Waals surface area contributed by atoms with Crippen molar-refractivity contribution in [3.63, 3.8) is 0 Å². The fourth-order valence-electron chi connectivity index (χ4n) is 3.64. The number of amides is 2. The van der Waals surface area contributed by atoms with Gasteiger partial charge in [0.2, 0.25) is 5.91 Å². The van der Waals surface area contributed by atoms with Gasteiger partial charge in [-0.05, 0) is 44.5 Å². The lowest BCUT2D eigenvalue weighted by molar-refractivity contribution is -0.138. The van der Waals surface area contributed by atoms with Crippen molar-refractivity contribution in [1.82, 2.24) is 14.7 Å². The van der Waals surface area contributed by atoms with Gasteiger partial charge in [0.05, 0.1) is 5.92 Å². The van der Waals surface area contributed by atoms with Gasteiger partial charge in [-0.25, -0.2) is 4.39 Å². The fourth-order valence-corrected chi connectivity index (χ4v) is 3.64. The largest absolute Gasteiger partial charge is 0.340 e. The molecule has 6 heteroatoms. The van der Waals surface area contributed by atoms with Crippen LogP contribution in [0.25, 0.3) is 0 Å². The number of rotatable bonds is 2. The predicted molar refractivity (Wildman–Crippen MR) is 93.8 cm³/mol. The fraction of sp³-hybridized carbons (Fsp3) is 0.579. The Balaban J connectivity index is 1.67. The molecule has 1 aromatic carbocycles. The third-order valence-corrected chi connectivity index (χ3v) is 5.30. The zero-order chi connectivity index (χ0) is 18.0. The Kier molecular flexibility index (Phi) is 5.37. The summed E-state index contributed by atoms with van der Waals surface area (Å²) in [4.78, 5) is 31.4. The van der Waals surface area contributed by atoms with E-state index >= 15 is 0 Å². The van der Waals surface area contributed by atoms with E-state index in [1.807, 2.05) is 11.8 Å². The Hall–Kier alpha value is -1.95. The zero-order valence-electron chi connectivity index (χ0n) is 15.0. The first-order valence-electron chi connectivity index (χ1n) is 8.98. The summed E-state index contributed by atoms with van der Waals surface area (Å²) >= 11 is 0. The number of nitrogens with zero attached hydrogens (tertiary/aromatic N) is 3. The second-order valence-electron chi connectivity index (χ2n) is 7.18. The molecule has 2 aliphatic rings. The first kappa shape index (κ1) is 17.9. The van der Waals surface area contributed by atoms with E-state index in [0.717, 1.165) is 44.6 Å². The van der Waals surface area contributed by atoms with Crippen LogP contribution in [0.15, 0.2) is 18.2 Å². The average Bonchev–Trinajstić information content (AvgIpc) is 2.63. The van der Waals surface area contributed by atoms with Gasteiger partial charge >= 0.3 is 0 Å². The molecule has 0 spiro atoms. The van der Waals surface area contributed by atoms with Gasteiger partial charge in [0, 0.05) is 44.8 Å². The molecule has 2 heterocycles. The van der Waals surface area contributed by atoms with E-state index in [-0.39, 0.29) is 17.7 Å². The van der Waals surface area contributed by atoms with Crippen LogP contribution in [0.3, 0.4) is 0 Å². The van der Waals surface area contributed by atoms with Crippen molar-refractivity contribution in [2.24, 2.45) is 5.92 Å². The van der Waals surface area contributed by atoms with Crippen molar-refractivity contribution in [2.75, 3.05) is 46.3 Å². The molecule has 1 atom stereocenters. The van der Waals surface area contributed by atoms with E-state index < -0.39 is 5.82 Å². The Morgan fingerprint density at radius 3 is 2.52 bits per heavy atom. The molecular weight excluding hydrogens is 321 g/mol. The number of hydrogen-bond acceptors (Lipinski definition) is 3. The highest BCUT2D eigenvalue weighted by Gasteiger charge is 2.32. The summed E-state index contributed by atoms with van der Waals surface area (Å²) < 4.78 is 13.5. The normalized spacial score (nSPS) is 22.1. The Labute approximate surface area is 148 Å². The van der Waals surface area contributed by atoms with E-state index in [2.05, 4.69) is 11.9 Å². The van der Waals surface area contributed by atoms with E-state index in [4.69, 9.17) is 0 Å². The summed E-state index contributed by atoms with van der Waals surface area (Å²) in [5, 5.41) is 0. The summed E-state index contributed by atoms with van der Waals surface area (Å²) in [5.74, 6) is -0.569. The van der Waals surface area contributed by atoms with Crippen LogP contribution < -0.4 is 0 Å². The number of carbonyl (C=O) groups excluding carboxylic acids is 2. The average molecular weight is 347 g/mol. The van der Waals surface area contributed by atoms with E-state index in [1.54, 1.807) is 11.0 Å². The van der Waals surface area contributed by atoms with Crippen LogP contribution in [0.1, 0.15) is 28.8 Å². The van der Waals surface area contributed by atoms with Crippen molar-refractivity contribution in [1.29, 1.82) is 0 Å². The number of aryl methyl sites for hydroxylation is 1. The standard InChI is InChI=1S/C19H26FN3O2/c1-14-5-6-16(20)12-17(14)19(25)23-7-3-4-15(13-23)18(24)22-10-8-21(2)9-11-22/h5-6,12,15H,3-4,7-11,13H2,1-2H3/t15-/m0/s1. The highest BCUT2D eigenvalue weighted by molar-refractivity contribution is 5.96. The minimum Gasteiger partial charge on any atom is -0.340 e. The molecule has 2 amide bonds. The topological polar surface area (TPSA) is 43.9 Å². The van der Waals surface area contributed by atoms with Crippen LogP contribution in [0.5, 0.6) is 0 Å². The van der Waals surface area contributed by atoms with Crippen LogP contribution >= 0.6 is 0 Å². The Bertz CT molecular complexity index is 656. The van der Waals surface area contributed by atoms with Gasteiger partial charge < -0.3 is 14.7 Å². The molecule has 2 fully saturated rings. The second kappa shape index (κ2) is 7.52. The van der Waals surface area contributed by atoms with Gasteiger partial charge in [-0.1, -0.05) is 6.07 Å². The van der Waals surface area contributed by atoms with E-state index in [0.29, 0.717) is 18.7 Å². The number of likely N-dealkylation sites (tertiary alicyclic amines) is 1. The highest BCUT2D eigenvalue weighted by Crippen LogP contribution is 2.22. The van der Waals surface area contributed by atoms with Crippen molar-refractivity contribution >= 4 is 11.8 Å². The lowest BCUT2D eigenvalue weighted by Gasteiger charge is -2.38. The molecule has 0 saturated carbocycles. The van der Waals surface area contributed by atoms with Gasteiger partial charge in [-0.3, -0.25) is 9.59 Å². The smallest absolute Gasteiger partial charge is 0.254 e. The van der Waals surface area contributed by atoms with Crippen molar-refractivity contribution < 1.29 is 14.0 Å². The SMILES string of the molecule is Cc1ccc(F)cc1C(=O)N1CCC[C@H](C(=O)N2CCN(C)CC2)C1. The second-order valence-corrected chi connectivity index (χ2v) is 7.18. The molecule has 0 aromatic heterocycles. The molecule has 5 nitrogen and oxygen atoms in total. The number of halogens is 1. The van der Waals surface area contributed by atoms with Crippen molar-refractivity contribution in [3.05, 3.63) is 35.1 Å². The summed E-state index contributed by atoms with van der Waals surface area (Å²) in [6.07, 6.45) is 1.63. The number of piperazine rings is 1. The van der Waals surface area contributed by atoms with Gasteiger partial charge in [0.15, 0.2) is 0 Å². The number of piperidine rings is 1. The Morgan fingerprint density at radius 2 is 1.80 bits per heavy atom. The molecule has 0 radical (unpaired) electrons. The number of carbonyl (C=O) groups is 2. The van der Waals surface area contributed by atoms with Crippen molar-refractivity contribution in [3.8, 4) is 0 Å². The molecule has 0 bridgehead atoms. The van der Waals surface area contributed by atoms with Crippen LogP contribution in [-0.4, -0.2) is 72.8 Å². The summed E-state index contributed by atoms with van der Waals surface area (Å²) in [5.41, 5.74) is 1.16. The van der Waals surface area contributed by atoms with Gasteiger partial charge in [0.25, 0.3) is 5.91 Å². The lowest BCUT2D eigenvalue weighted by Crippen LogP contribution is -2.52. The summed E-state index contributed by atoms with van der Waals surface area (Å²) in [7, 11) is 2.06. The van der Waals surface area contributed by atoms with E-state index in [9.17, 15) is 14.0 Å². The highest BCUT2D eigenvalue weighted by atomic mass is 19.1. The van der Waals surface area contributed by atoms with Crippen LogP contribution in [0, 0.1) is 18.7 Å². The quantitative estimate of drug-likeness (QED) is 0.819. The van der Waals surface area contributed by atoms with Crippen LogP contribution in [0.2, 0.25) is 0 Å². The van der Waals surface area contributed by atoms with Crippen LogP contribution in [0.4, 0.5) is 4.39 Å². The number of likely N-dealkylation sites (N-methyl/N-ethyl adjacent to an activating group) is 1. The molecule has 2 aliphatic heterocycles. The maximum Gasteiger partial charge on any atom is 0.254 e. The van der Waals surface area contributed by atoms with Gasteiger partial charge in [-0.2, -0.15) is 0 Å². The molecule has 2 saturated heterocycles. The maximum absolute atomic E-state index is 13.5. The summed E-state index contributed by atoms with van der Waals surface area (Å²) in [6, 6.07) is 4.28. The summed E-state index contributed by atoms with van der Waals surface area (Å²) in [6.45, 7) is 6.16.